The molecule has 3 heterocycles. The van der Waals surface area contributed by atoms with Crippen LogP contribution in [0.1, 0.15) is 65.7 Å². The van der Waals surface area contributed by atoms with Crippen molar-refractivity contribution in [2.45, 2.75) is 58.4 Å². The average molecular weight is 727 g/mol. The quantitative estimate of drug-likeness (QED) is 0.111. The number of carboxylic acids is 1. The maximum atomic E-state index is 15.2. The second kappa shape index (κ2) is 15.6. The van der Waals surface area contributed by atoms with E-state index >= 15 is 4.39 Å². The topological polar surface area (TPSA) is 198 Å². The number of unbranched alkanes of at least 4 members (excludes halogenated alkanes) is 1. The van der Waals surface area contributed by atoms with E-state index < -0.39 is 33.0 Å². The van der Waals surface area contributed by atoms with Gasteiger partial charge in [0.2, 0.25) is 5.43 Å². The van der Waals surface area contributed by atoms with Crippen LogP contribution in [0.4, 0.5) is 21.6 Å². The predicted molar refractivity (Wildman–Crippen MR) is 194 cm³/mol. The number of aromatic carboxylic acids is 1. The first kappa shape index (κ1) is 37.5. The van der Waals surface area contributed by atoms with E-state index in [0.29, 0.717) is 68.1 Å². The van der Waals surface area contributed by atoms with Crippen LogP contribution in [-0.2, 0) is 23.1 Å². The third-order valence-corrected chi connectivity index (χ3v) is 9.15. The van der Waals surface area contributed by atoms with Gasteiger partial charge >= 0.3 is 11.7 Å². The van der Waals surface area contributed by atoms with E-state index in [1.165, 1.54) is 21.8 Å². The first-order chi connectivity index (χ1) is 24.1. The number of aromatic nitrogens is 3. The van der Waals surface area contributed by atoms with E-state index in [2.05, 4.69) is 34.0 Å². The Morgan fingerprint density at radius 2 is 1.67 bits per heavy atom. The number of aryl methyl sites for hydroxylation is 2. The molecule has 6 rings (SSSR count). The molecule has 274 valence electrons. The Morgan fingerprint density at radius 3 is 2.27 bits per heavy atom. The van der Waals surface area contributed by atoms with Gasteiger partial charge in [0, 0.05) is 61.5 Å². The summed E-state index contributed by atoms with van der Waals surface area (Å²) in [5, 5.41) is 12.8. The maximum Gasteiger partial charge on any atom is 0.341 e. The lowest BCUT2D eigenvalue weighted by Crippen LogP contribution is -2.47. The number of aromatic amines is 2. The summed E-state index contributed by atoms with van der Waals surface area (Å²) in [6, 6.07) is 10.1. The lowest BCUT2D eigenvalue weighted by Gasteiger charge is -2.36. The van der Waals surface area contributed by atoms with Crippen LogP contribution in [0.15, 0.2) is 50.8 Å². The molecule has 0 atom stereocenters. The van der Waals surface area contributed by atoms with Crippen molar-refractivity contribution >= 4 is 44.2 Å². The van der Waals surface area contributed by atoms with Crippen LogP contribution >= 0.6 is 0 Å². The number of halogens is 1. The molecule has 2 aromatic carbocycles. The smallest absolute Gasteiger partial charge is 0.341 e. The minimum atomic E-state index is -3.67. The third kappa shape index (κ3) is 9.51. The zero-order valence-corrected chi connectivity index (χ0v) is 29.6. The molecule has 4 aromatic rings. The fraction of sp³-hybridized carbons (Fsp3) is 0.429. The Bertz CT molecular complexity index is 2180. The van der Waals surface area contributed by atoms with E-state index in [4.69, 9.17) is 4.55 Å². The van der Waals surface area contributed by atoms with Crippen molar-refractivity contribution in [2.24, 2.45) is 0 Å². The molecule has 0 spiro atoms. The summed E-state index contributed by atoms with van der Waals surface area (Å²) in [5.74, 6) is -1.47. The third-order valence-electron chi connectivity index (χ3n) is 9.15. The maximum absolute atomic E-state index is 15.2. The monoisotopic (exact) mass is 726 g/mol. The normalized spacial score (nSPS) is 15.0. The van der Waals surface area contributed by atoms with Crippen molar-refractivity contribution in [1.29, 1.82) is 0 Å². The van der Waals surface area contributed by atoms with Gasteiger partial charge in [-0.05, 0) is 81.0 Å². The molecule has 1 aliphatic carbocycles. The van der Waals surface area contributed by atoms with E-state index in [1.54, 1.807) is 6.07 Å². The number of anilines is 3. The molecule has 2 fully saturated rings. The molecule has 0 amide bonds. The van der Waals surface area contributed by atoms with Gasteiger partial charge in [0.05, 0.1) is 17.5 Å². The van der Waals surface area contributed by atoms with Gasteiger partial charge in [-0.3, -0.25) is 28.6 Å². The molecule has 0 unspecified atom stereocenters. The molecular formula is C35H43FN6O8S. The van der Waals surface area contributed by atoms with Crippen molar-refractivity contribution in [3.8, 4) is 0 Å². The van der Waals surface area contributed by atoms with Crippen LogP contribution in [-0.4, -0.2) is 82.5 Å². The minimum absolute atomic E-state index is 0.0202. The number of fused-ring (bicyclic) bond motifs is 1. The van der Waals surface area contributed by atoms with Crippen LogP contribution in [0, 0.1) is 12.7 Å². The number of hydrogen-bond donors (Lipinski definition) is 5. The average Bonchev–Trinajstić information content (AvgIpc) is 3.90. The summed E-state index contributed by atoms with van der Waals surface area (Å²) >= 11 is 0. The van der Waals surface area contributed by atoms with Crippen LogP contribution in [0.25, 0.3) is 10.9 Å². The molecule has 14 nitrogen and oxygen atoms in total. The van der Waals surface area contributed by atoms with Gasteiger partial charge in [0.1, 0.15) is 17.2 Å². The molecule has 5 N–H and O–H groups in total. The van der Waals surface area contributed by atoms with Gasteiger partial charge in [0.25, 0.3) is 15.7 Å². The van der Waals surface area contributed by atoms with Gasteiger partial charge in [0.15, 0.2) is 0 Å². The summed E-state index contributed by atoms with van der Waals surface area (Å²) in [5.41, 5.74) is 2.72. The lowest BCUT2D eigenvalue weighted by atomic mass is 10.0. The number of carbonyl (C=O) groups is 1. The van der Waals surface area contributed by atoms with Gasteiger partial charge in [-0.15, -0.1) is 0 Å². The van der Waals surface area contributed by atoms with Crippen molar-refractivity contribution in [2.75, 3.05) is 49.2 Å². The standard InChI is InChI=1S/C34H39FN6O5.CH4O3S/c1-3-21-16-23(9-6-20(21)2)36-28-19-29(42)41(34(46)38-28)11-5-4-10-39-12-14-40(15-13-39)27-18-26-24(17-25(27)35)32(43)30(33(44)45)31(37-26)22-7-8-22;1-5(2,3)4/h6,9,16-19,22,36H,3-5,7-8,10-15H2,1-2H3,(H,37,43)(H,38,46)(H,44,45);1H3,(H,2,3,4). The minimum Gasteiger partial charge on any atom is -0.477 e. The van der Waals surface area contributed by atoms with Gasteiger partial charge in [-0.2, -0.15) is 8.42 Å². The number of nitrogens with one attached hydrogen (secondary N) is 3. The van der Waals surface area contributed by atoms with Crippen molar-refractivity contribution in [1.82, 2.24) is 19.4 Å². The SMILES string of the molecule is CCc1cc(Nc2cc(=O)n(CCCCN3CCN(c4cc5[nH]c(C6CC6)c(C(=O)O)c(=O)c5cc4F)CC3)c(=O)[nH]2)ccc1C.CS(=O)(=O)O. The summed E-state index contributed by atoms with van der Waals surface area (Å²) in [7, 11) is -3.67. The Hall–Kier alpha value is -4.80. The molecule has 1 saturated heterocycles. The van der Waals surface area contributed by atoms with Gasteiger partial charge in [-0.1, -0.05) is 13.0 Å². The van der Waals surface area contributed by atoms with Crippen LogP contribution < -0.4 is 26.9 Å². The molecule has 2 aliphatic rings. The van der Waals surface area contributed by atoms with Gasteiger partial charge in [-0.25, -0.2) is 14.0 Å². The lowest BCUT2D eigenvalue weighted by molar-refractivity contribution is 0.0694. The fourth-order valence-electron chi connectivity index (χ4n) is 6.35. The summed E-state index contributed by atoms with van der Waals surface area (Å²) in [6.45, 7) is 7.81. The Balaban J connectivity index is 0.000000943. The zero-order chi connectivity index (χ0) is 37.0. The van der Waals surface area contributed by atoms with Crippen LogP contribution in [0.2, 0.25) is 0 Å². The number of hydrogen-bond acceptors (Lipinski definition) is 9. The molecule has 1 saturated carbocycles. The number of benzene rings is 2. The van der Waals surface area contributed by atoms with Crippen molar-refractivity contribution in [3.05, 3.63) is 95.7 Å². The summed E-state index contributed by atoms with van der Waals surface area (Å²) in [4.78, 5) is 60.3. The van der Waals surface area contributed by atoms with E-state index in [1.807, 2.05) is 23.1 Å². The summed E-state index contributed by atoms with van der Waals surface area (Å²) in [6.07, 6.45) is 4.69. The number of piperazine rings is 1. The van der Waals surface area contributed by atoms with Gasteiger partial charge < -0.3 is 20.3 Å². The first-order valence-electron chi connectivity index (χ1n) is 16.9. The van der Waals surface area contributed by atoms with Crippen LogP contribution in [0.3, 0.4) is 0 Å². The molecule has 0 bridgehead atoms. The second-order valence-electron chi connectivity index (χ2n) is 13.0. The summed E-state index contributed by atoms with van der Waals surface area (Å²) < 4.78 is 42.3. The highest BCUT2D eigenvalue weighted by molar-refractivity contribution is 7.85. The Labute approximate surface area is 293 Å². The number of nitrogens with zero attached hydrogens (tertiary/aromatic N) is 3. The fourth-order valence-corrected chi connectivity index (χ4v) is 6.35. The van der Waals surface area contributed by atoms with E-state index in [0.717, 1.165) is 44.0 Å². The number of pyridine rings is 1. The van der Waals surface area contributed by atoms with Crippen LogP contribution in [0.5, 0.6) is 0 Å². The predicted octanol–water partition coefficient (Wildman–Crippen LogP) is 3.81. The largest absolute Gasteiger partial charge is 0.477 e. The highest BCUT2D eigenvalue weighted by atomic mass is 32.2. The van der Waals surface area contributed by atoms with E-state index in [-0.39, 0.29) is 22.4 Å². The van der Waals surface area contributed by atoms with E-state index in [9.17, 15) is 32.7 Å². The second-order valence-corrected chi connectivity index (χ2v) is 14.5. The number of rotatable bonds is 11. The molecule has 16 heteroatoms. The Morgan fingerprint density at radius 1 is 1.00 bits per heavy atom. The molecule has 1 aliphatic heterocycles. The zero-order valence-electron chi connectivity index (χ0n) is 28.8. The number of H-pyrrole nitrogens is 2. The number of carboxylic acid groups (broad SMARTS) is 1. The molecule has 2 aromatic heterocycles. The van der Waals surface area contributed by atoms with Crippen molar-refractivity contribution < 1.29 is 27.3 Å². The molecule has 0 radical (unpaired) electrons. The Kier molecular flexibility index (Phi) is 11.5. The molecule has 51 heavy (non-hydrogen) atoms. The molecular weight excluding hydrogens is 683 g/mol. The highest BCUT2D eigenvalue weighted by Gasteiger charge is 2.32. The first-order valence-corrected chi connectivity index (χ1v) is 18.7. The van der Waals surface area contributed by atoms with Crippen molar-refractivity contribution in [3.63, 3.8) is 0 Å². The highest BCUT2D eigenvalue weighted by Crippen LogP contribution is 2.41.